The molecule has 2 aliphatic rings. The molecule has 1 aromatic carbocycles. The zero-order chi connectivity index (χ0) is 20.3. The van der Waals surface area contributed by atoms with E-state index in [9.17, 15) is 4.79 Å². The SMILES string of the molecule is CCN(CC)C(=O)NCc1nnn2c1COC1(CCN(Cc3ccccc3)C1)C2. The van der Waals surface area contributed by atoms with E-state index in [-0.39, 0.29) is 11.6 Å². The van der Waals surface area contributed by atoms with Crippen molar-refractivity contribution in [2.24, 2.45) is 0 Å². The molecule has 2 amide bonds. The van der Waals surface area contributed by atoms with Crippen LogP contribution in [0.2, 0.25) is 0 Å². The molecule has 156 valence electrons. The van der Waals surface area contributed by atoms with Gasteiger partial charge in [-0.3, -0.25) is 4.90 Å². The summed E-state index contributed by atoms with van der Waals surface area (Å²) in [5, 5.41) is 11.6. The molecule has 1 spiro atoms. The minimum absolute atomic E-state index is 0.0719. The number of likely N-dealkylation sites (tertiary alicyclic amines) is 1. The molecule has 29 heavy (non-hydrogen) atoms. The van der Waals surface area contributed by atoms with Gasteiger partial charge in [-0.25, -0.2) is 9.48 Å². The van der Waals surface area contributed by atoms with Crippen molar-refractivity contribution in [1.82, 2.24) is 30.1 Å². The average Bonchev–Trinajstić information content (AvgIpc) is 3.32. The molecule has 2 aromatic rings. The van der Waals surface area contributed by atoms with Gasteiger partial charge in [0, 0.05) is 32.7 Å². The second-order valence-corrected chi connectivity index (χ2v) is 7.89. The van der Waals surface area contributed by atoms with E-state index in [1.807, 2.05) is 24.6 Å². The number of nitrogens with zero attached hydrogens (tertiary/aromatic N) is 5. The predicted molar refractivity (Wildman–Crippen MR) is 109 cm³/mol. The first-order valence-corrected chi connectivity index (χ1v) is 10.5. The van der Waals surface area contributed by atoms with Crippen molar-refractivity contribution in [2.45, 2.75) is 52.1 Å². The van der Waals surface area contributed by atoms with Gasteiger partial charge < -0.3 is 15.0 Å². The smallest absolute Gasteiger partial charge is 0.317 e. The van der Waals surface area contributed by atoms with Gasteiger partial charge in [-0.1, -0.05) is 35.5 Å². The summed E-state index contributed by atoms with van der Waals surface area (Å²) in [7, 11) is 0. The first-order chi connectivity index (χ1) is 14.1. The fourth-order valence-corrected chi connectivity index (χ4v) is 4.26. The maximum Gasteiger partial charge on any atom is 0.317 e. The summed E-state index contributed by atoms with van der Waals surface area (Å²) in [4.78, 5) is 16.4. The van der Waals surface area contributed by atoms with Crippen LogP contribution in [0.1, 0.15) is 37.2 Å². The van der Waals surface area contributed by atoms with Gasteiger partial charge in [0.25, 0.3) is 0 Å². The Bertz CT molecular complexity index is 835. The molecule has 0 bridgehead atoms. The Hall–Kier alpha value is -2.45. The molecule has 4 rings (SSSR count). The second-order valence-electron chi connectivity index (χ2n) is 7.89. The number of carbonyl (C=O) groups is 1. The largest absolute Gasteiger partial charge is 0.365 e. The minimum Gasteiger partial charge on any atom is -0.365 e. The highest BCUT2D eigenvalue weighted by molar-refractivity contribution is 5.74. The number of hydrogen-bond acceptors (Lipinski definition) is 5. The molecule has 1 atom stereocenters. The van der Waals surface area contributed by atoms with Gasteiger partial charge in [-0.05, 0) is 25.8 Å². The van der Waals surface area contributed by atoms with Crippen molar-refractivity contribution in [3.05, 3.63) is 47.3 Å². The van der Waals surface area contributed by atoms with Gasteiger partial charge in [-0.15, -0.1) is 5.10 Å². The number of ether oxygens (including phenoxy) is 1. The van der Waals surface area contributed by atoms with E-state index in [2.05, 4.69) is 44.8 Å². The molecule has 1 aromatic heterocycles. The highest BCUT2D eigenvalue weighted by atomic mass is 16.5. The van der Waals surface area contributed by atoms with Gasteiger partial charge in [0.15, 0.2) is 0 Å². The maximum absolute atomic E-state index is 12.2. The zero-order valence-corrected chi connectivity index (χ0v) is 17.3. The van der Waals surface area contributed by atoms with Crippen LogP contribution in [0.15, 0.2) is 30.3 Å². The lowest BCUT2D eigenvalue weighted by atomic mass is 10.0. The van der Waals surface area contributed by atoms with Crippen LogP contribution in [0.3, 0.4) is 0 Å². The summed E-state index contributed by atoms with van der Waals surface area (Å²) >= 11 is 0. The van der Waals surface area contributed by atoms with Crippen LogP contribution in [-0.2, 0) is 31.0 Å². The molecular formula is C21H30N6O2. The quantitative estimate of drug-likeness (QED) is 0.806. The third-order valence-electron chi connectivity index (χ3n) is 5.97. The maximum atomic E-state index is 12.2. The Morgan fingerprint density at radius 2 is 2.03 bits per heavy atom. The van der Waals surface area contributed by atoms with E-state index in [1.54, 1.807) is 4.90 Å². The van der Waals surface area contributed by atoms with Gasteiger partial charge in [0.1, 0.15) is 11.3 Å². The minimum atomic E-state index is -0.197. The van der Waals surface area contributed by atoms with Crippen molar-refractivity contribution < 1.29 is 9.53 Å². The third kappa shape index (κ3) is 4.28. The van der Waals surface area contributed by atoms with E-state index in [0.717, 1.165) is 37.4 Å². The Kier molecular flexibility index (Phi) is 5.82. The lowest BCUT2D eigenvalue weighted by Gasteiger charge is -2.34. The normalized spacial score (nSPS) is 21.3. The van der Waals surface area contributed by atoms with Gasteiger partial charge in [-0.2, -0.15) is 0 Å². The lowest BCUT2D eigenvalue weighted by Crippen LogP contribution is -2.44. The Morgan fingerprint density at radius 1 is 1.24 bits per heavy atom. The molecule has 1 N–H and O–H groups in total. The topological polar surface area (TPSA) is 75.5 Å². The summed E-state index contributed by atoms with van der Waals surface area (Å²) in [5.74, 6) is 0. The highest BCUT2D eigenvalue weighted by Gasteiger charge is 2.43. The highest BCUT2D eigenvalue weighted by Crippen LogP contribution is 2.33. The summed E-state index contributed by atoms with van der Waals surface area (Å²) in [6.45, 7) is 9.76. The number of aromatic nitrogens is 3. The number of fused-ring (bicyclic) bond motifs is 1. The van der Waals surface area contributed by atoms with Gasteiger partial charge >= 0.3 is 6.03 Å². The lowest BCUT2D eigenvalue weighted by molar-refractivity contribution is -0.0845. The van der Waals surface area contributed by atoms with Crippen LogP contribution < -0.4 is 5.32 Å². The average molecular weight is 399 g/mol. The standard InChI is InChI=1S/C21H30N6O2/c1-3-26(4-2)20(28)22-12-18-19-14-29-21(16-27(19)24-23-18)10-11-25(15-21)13-17-8-6-5-7-9-17/h5-9H,3-4,10-16H2,1-2H3,(H,22,28). The molecule has 0 saturated carbocycles. The van der Waals surface area contributed by atoms with Crippen LogP contribution in [0.25, 0.3) is 0 Å². The molecule has 8 heteroatoms. The molecule has 1 unspecified atom stereocenters. The molecule has 0 radical (unpaired) electrons. The van der Waals surface area contributed by atoms with Crippen LogP contribution in [0.4, 0.5) is 4.79 Å². The van der Waals surface area contributed by atoms with Crippen LogP contribution in [0, 0.1) is 0 Å². The van der Waals surface area contributed by atoms with E-state index >= 15 is 0 Å². The third-order valence-corrected chi connectivity index (χ3v) is 5.97. The number of carbonyl (C=O) groups excluding carboxylic acids is 1. The monoisotopic (exact) mass is 398 g/mol. The molecule has 8 nitrogen and oxygen atoms in total. The number of hydrogen-bond donors (Lipinski definition) is 1. The van der Waals surface area contributed by atoms with E-state index in [1.165, 1.54) is 5.56 Å². The number of amides is 2. The fourth-order valence-electron chi connectivity index (χ4n) is 4.26. The Balaban J connectivity index is 1.36. The summed E-state index contributed by atoms with van der Waals surface area (Å²) in [6.07, 6.45) is 0.993. The molecule has 1 fully saturated rings. The van der Waals surface area contributed by atoms with Gasteiger partial charge in [0.2, 0.25) is 0 Å². The van der Waals surface area contributed by atoms with Crippen molar-refractivity contribution in [3.8, 4) is 0 Å². The van der Waals surface area contributed by atoms with Crippen molar-refractivity contribution >= 4 is 6.03 Å². The zero-order valence-electron chi connectivity index (χ0n) is 17.3. The molecule has 0 aliphatic carbocycles. The van der Waals surface area contributed by atoms with E-state index < -0.39 is 0 Å². The van der Waals surface area contributed by atoms with E-state index in [4.69, 9.17) is 4.74 Å². The van der Waals surface area contributed by atoms with Crippen molar-refractivity contribution in [1.29, 1.82) is 0 Å². The summed E-state index contributed by atoms with van der Waals surface area (Å²) < 4.78 is 8.32. The Morgan fingerprint density at radius 3 is 2.79 bits per heavy atom. The number of nitrogens with one attached hydrogen (secondary N) is 1. The number of rotatable bonds is 6. The molecule has 1 saturated heterocycles. The number of urea groups is 1. The Labute approximate surface area is 171 Å². The van der Waals surface area contributed by atoms with Crippen LogP contribution >= 0.6 is 0 Å². The van der Waals surface area contributed by atoms with E-state index in [0.29, 0.717) is 32.8 Å². The molecule has 2 aliphatic heterocycles. The first-order valence-electron chi connectivity index (χ1n) is 10.5. The van der Waals surface area contributed by atoms with Gasteiger partial charge in [0.05, 0.1) is 25.4 Å². The fraction of sp³-hybridized carbons (Fsp3) is 0.571. The van der Waals surface area contributed by atoms with Crippen LogP contribution in [0.5, 0.6) is 0 Å². The van der Waals surface area contributed by atoms with Crippen molar-refractivity contribution in [2.75, 3.05) is 26.2 Å². The predicted octanol–water partition coefficient (Wildman–Crippen LogP) is 2.00. The molecular weight excluding hydrogens is 368 g/mol. The number of benzene rings is 1. The second kappa shape index (κ2) is 8.51. The van der Waals surface area contributed by atoms with Crippen LogP contribution in [-0.4, -0.2) is 62.6 Å². The summed E-state index contributed by atoms with van der Waals surface area (Å²) in [6, 6.07) is 10.5. The van der Waals surface area contributed by atoms with Crippen molar-refractivity contribution in [3.63, 3.8) is 0 Å². The first kappa shape index (κ1) is 19.8. The molecule has 3 heterocycles. The summed E-state index contributed by atoms with van der Waals surface area (Å²) in [5.41, 5.74) is 2.89.